The number of esters is 4. The summed E-state index contributed by atoms with van der Waals surface area (Å²) in [5.41, 5.74) is 0. The topological polar surface area (TPSA) is 237 Å². The van der Waals surface area contributed by atoms with Gasteiger partial charge in [-0.3, -0.25) is 37.3 Å². The van der Waals surface area contributed by atoms with Crippen LogP contribution in [0.1, 0.15) is 310 Å². The molecule has 17 nitrogen and oxygen atoms in total. The third-order valence-corrected chi connectivity index (χ3v) is 17.1. The lowest BCUT2D eigenvalue weighted by Gasteiger charge is -2.21. The van der Waals surface area contributed by atoms with E-state index in [0.717, 1.165) is 103 Å². The largest absolute Gasteiger partial charge is 0.472 e. The quantitative estimate of drug-likeness (QED) is 0.0169. The predicted molar refractivity (Wildman–Crippen MR) is 372 cm³/mol. The third kappa shape index (κ3) is 65.2. The van der Waals surface area contributed by atoms with Crippen LogP contribution in [0.5, 0.6) is 0 Å². The molecule has 0 aromatic carbocycles. The van der Waals surface area contributed by atoms with Gasteiger partial charge >= 0.3 is 39.5 Å². The summed E-state index contributed by atoms with van der Waals surface area (Å²) in [7, 11) is -9.94. The van der Waals surface area contributed by atoms with E-state index < -0.39 is 97.5 Å². The molecule has 0 aliphatic rings. The minimum absolute atomic E-state index is 0.0400. The average molecular weight is 1340 g/mol. The predicted octanol–water partition coefficient (Wildman–Crippen LogP) is 20.1. The molecular formula is C73H130O17P2. The molecule has 0 saturated heterocycles. The third-order valence-electron chi connectivity index (χ3n) is 15.2. The highest BCUT2D eigenvalue weighted by Gasteiger charge is 2.30. The smallest absolute Gasteiger partial charge is 0.462 e. The number of ether oxygens (including phenoxy) is 4. The molecule has 0 radical (unpaired) electrons. The van der Waals surface area contributed by atoms with Gasteiger partial charge < -0.3 is 33.8 Å². The number of rotatable bonds is 68. The molecule has 19 heteroatoms. The van der Waals surface area contributed by atoms with Crippen molar-refractivity contribution in [1.82, 2.24) is 0 Å². The number of phosphoric ester groups is 2. The van der Waals surface area contributed by atoms with Gasteiger partial charge in [-0.25, -0.2) is 9.13 Å². The molecule has 0 spiro atoms. The Balaban J connectivity index is 5.32. The van der Waals surface area contributed by atoms with Crippen molar-refractivity contribution in [3.8, 4) is 0 Å². The molecule has 534 valence electrons. The van der Waals surface area contributed by atoms with Crippen molar-refractivity contribution in [2.45, 2.75) is 329 Å². The lowest BCUT2D eigenvalue weighted by molar-refractivity contribution is -0.161. The first-order valence-electron chi connectivity index (χ1n) is 36.2. The number of hydrogen-bond acceptors (Lipinski definition) is 15. The van der Waals surface area contributed by atoms with Crippen LogP contribution in [0.15, 0.2) is 72.9 Å². The van der Waals surface area contributed by atoms with Gasteiger partial charge in [-0.1, -0.05) is 293 Å². The van der Waals surface area contributed by atoms with E-state index >= 15 is 0 Å². The van der Waals surface area contributed by atoms with E-state index in [1.165, 1.54) is 122 Å². The summed E-state index contributed by atoms with van der Waals surface area (Å²) < 4.78 is 68.1. The van der Waals surface area contributed by atoms with Crippen molar-refractivity contribution >= 4 is 39.5 Å². The Labute approximate surface area is 558 Å². The zero-order chi connectivity index (χ0) is 67.5. The summed E-state index contributed by atoms with van der Waals surface area (Å²) in [5.74, 6) is -2.25. The average Bonchev–Trinajstić information content (AvgIpc) is 2.26. The highest BCUT2D eigenvalue weighted by molar-refractivity contribution is 7.47. The second-order valence-corrected chi connectivity index (χ2v) is 27.1. The summed E-state index contributed by atoms with van der Waals surface area (Å²) in [5, 5.41) is 10.6. The van der Waals surface area contributed by atoms with Crippen LogP contribution in [0.4, 0.5) is 0 Å². The number of hydrogen-bond donors (Lipinski definition) is 3. The summed E-state index contributed by atoms with van der Waals surface area (Å²) in [6, 6.07) is 0. The maximum Gasteiger partial charge on any atom is 0.472 e. The Morgan fingerprint density at radius 3 is 0.870 bits per heavy atom. The molecule has 0 amide bonds. The highest BCUT2D eigenvalue weighted by Crippen LogP contribution is 2.45. The van der Waals surface area contributed by atoms with Gasteiger partial charge in [-0.05, 0) is 64.2 Å². The van der Waals surface area contributed by atoms with E-state index in [-0.39, 0.29) is 25.7 Å². The van der Waals surface area contributed by atoms with Crippen LogP contribution in [0.2, 0.25) is 0 Å². The first kappa shape index (κ1) is 88.5. The first-order valence-corrected chi connectivity index (χ1v) is 39.2. The second-order valence-electron chi connectivity index (χ2n) is 24.2. The van der Waals surface area contributed by atoms with Crippen LogP contribution in [0.25, 0.3) is 0 Å². The number of carbonyl (C=O) groups is 4. The highest BCUT2D eigenvalue weighted by atomic mass is 31.2. The van der Waals surface area contributed by atoms with Crippen molar-refractivity contribution in [2.24, 2.45) is 0 Å². The van der Waals surface area contributed by atoms with E-state index in [9.17, 15) is 43.2 Å². The molecule has 0 aromatic rings. The molecule has 5 atom stereocenters. The molecule has 0 aliphatic heterocycles. The minimum atomic E-state index is -4.98. The summed E-state index contributed by atoms with van der Waals surface area (Å²) >= 11 is 0. The second kappa shape index (κ2) is 66.1. The maximum atomic E-state index is 13.0. The van der Waals surface area contributed by atoms with E-state index in [1.807, 2.05) is 18.2 Å². The zero-order valence-corrected chi connectivity index (χ0v) is 59.8. The molecule has 0 saturated carbocycles. The van der Waals surface area contributed by atoms with Gasteiger partial charge in [0, 0.05) is 25.7 Å². The van der Waals surface area contributed by atoms with Gasteiger partial charge in [0.1, 0.15) is 19.3 Å². The van der Waals surface area contributed by atoms with Crippen LogP contribution < -0.4 is 0 Å². The molecule has 0 bridgehead atoms. The number of aliphatic hydroxyl groups is 1. The summed E-state index contributed by atoms with van der Waals surface area (Å²) in [6.07, 6.45) is 63.6. The van der Waals surface area contributed by atoms with Gasteiger partial charge in [0.15, 0.2) is 12.2 Å². The van der Waals surface area contributed by atoms with E-state index in [2.05, 4.69) is 82.4 Å². The maximum absolute atomic E-state index is 13.0. The fourth-order valence-corrected chi connectivity index (χ4v) is 11.3. The molecule has 3 N–H and O–H groups in total. The van der Waals surface area contributed by atoms with Crippen LogP contribution in [0, 0.1) is 0 Å². The van der Waals surface area contributed by atoms with Gasteiger partial charge in [0.2, 0.25) is 0 Å². The Morgan fingerprint density at radius 1 is 0.315 bits per heavy atom. The van der Waals surface area contributed by atoms with Gasteiger partial charge in [0.25, 0.3) is 0 Å². The number of carbonyl (C=O) groups excluding carboxylic acids is 4. The number of unbranched alkanes of at least 4 members (excludes halogenated alkanes) is 30. The summed E-state index contributed by atoms with van der Waals surface area (Å²) in [6.45, 7) is 4.67. The fourth-order valence-electron chi connectivity index (χ4n) is 9.72. The Morgan fingerprint density at radius 2 is 0.565 bits per heavy atom. The van der Waals surface area contributed by atoms with Gasteiger partial charge in [0.05, 0.1) is 26.4 Å². The monoisotopic (exact) mass is 1340 g/mol. The Hall–Kier alpha value is -3.50. The summed E-state index contributed by atoms with van der Waals surface area (Å²) in [4.78, 5) is 72.5. The molecule has 0 aromatic heterocycles. The lowest BCUT2D eigenvalue weighted by Crippen LogP contribution is -2.30. The van der Waals surface area contributed by atoms with E-state index in [4.69, 9.17) is 37.0 Å². The first-order chi connectivity index (χ1) is 44.7. The Bertz CT molecular complexity index is 2040. The van der Waals surface area contributed by atoms with Crippen LogP contribution in [-0.4, -0.2) is 96.7 Å². The minimum Gasteiger partial charge on any atom is -0.462 e. The van der Waals surface area contributed by atoms with Crippen molar-refractivity contribution in [3.05, 3.63) is 72.9 Å². The molecule has 0 aliphatic carbocycles. The lowest BCUT2D eigenvalue weighted by atomic mass is 10.1. The Kier molecular flexibility index (Phi) is 63.6. The number of aliphatic hydroxyl groups excluding tert-OH is 1. The molecule has 5 unspecified atom stereocenters. The van der Waals surface area contributed by atoms with Crippen molar-refractivity contribution < 1.29 is 80.2 Å². The number of phosphoric acid groups is 2. The van der Waals surface area contributed by atoms with E-state index in [1.54, 1.807) is 0 Å². The standard InChI is InChI=1S/C73H130O17P2/c1-5-9-13-17-21-25-29-30-31-32-33-34-35-36-40-42-46-50-54-58-71(76)84-64-69(90-73(78)60-56-52-48-44-39-28-24-20-16-12-8-4)66-88-92(81,82)86-62-67(74)61-85-91(79,80)87-65-68(89-72(77)59-55-51-47-43-38-27-23-19-15-11-7-3)63-83-70(75)57-53-49-45-41-37-26-22-18-14-10-6-2/h9,13,21,25,30-31,33-34,36,40,46,50,67-69,74H,5-8,10-12,14-20,22-24,26-29,32,35,37-39,41-45,47-49,51-66H2,1-4H3,(H,79,80)(H,81,82)/b13-9-,25-21-,31-30-,34-33-,40-36-,50-46-. The van der Waals surface area contributed by atoms with Crippen LogP contribution in [0.3, 0.4) is 0 Å². The normalized spacial score (nSPS) is 14.5. The zero-order valence-electron chi connectivity index (χ0n) is 58.0. The molecule has 0 fully saturated rings. The van der Waals surface area contributed by atoms with Gasteiger partial charge in [-0.15, -0.1) is 0 Å². The van der Waals surface area contributed by atoms with E-state index in [0.29, 0.717) is 32.1 Å². The van der Waals surface area contributed by atoms with Crippen molar-refractivity contribution in [3.63, 3.8) is 0 Å². The molecule has 0 rings (SSSR count). The fraction of sp³-hybridized carbons (Fsp3) is 0.781. The van der Waals surface area contributed by atoms with Crippen molar-refractivity contribution in [2.75, 3.05) is 39.6 Å². The van der Waals surface area contributed by atoms with Gasteiger partial charge in [-0.2, -0.15) is 0 Å². The van der Waals surface area contributed by atoms with Crippen LogP contribution >= 0.6 is 15.6 Å². The van der Waals surface area contributed by atoms with Crippen LogP contribution in [-0.2, 0) is 65.4 Å². The van der Waals surface area contributed by atoms with Crippen molar-refractivity contribution in [1.29, 1.82) is 0 Å². The molecule has 92 heavy (non-hydrogen) atoms. The molecule has 0 heterocycles. The molecular weight excluding hydrogens is 1210 g/mol. The SMILES string of the molecule is CC/C=C\C/C=C\C/C=C\C/C=C\C/C=C\C/C=C\CCC(=O)OCC(COP(=O)(O)OCC(O)COP(=O)(O)OCC(COC(=O)CCCCCCCCCCCCC)OC(=O)CCCCCCCCCCCCC)OC(=O)CCCCCCCCCCCCC. The number of allylic oxidation sites excluding steroid dienone is 12.